The van der Waals surface area contributed by atoms with Crippen molar-refractivity contribution in [2.24, 2.45) is 5.10 Å². The number of carbonyl (C=O) groups is 1. The Morgan fingerprint density at radius 3 is 2.42 bits per heavy atom. The predicted molar refractivity (Wildman–Crippen MR) is 151 cm³/mol. The molecule has 1 N–H and O–H groups in total. The molecule has 7 nitrogen and oxygen atoms in total. The Morgan fingerprint density at radius 1 is 0.974 bits per heavy atom. The molecule has 194 valence electrons. The Morgan fingerprint density at radius 2 is 1.68 bits per heavy atom. The molecule has 0 bridgehead atoms. The van der Waals surface area contributed by atoms with Crippen LogP contribution >= 0.6 is 0 Å². The number of carbonyl (C=O) groups excluding carboxylic acids is 1. The molecule has 0 atom stereocenters. The molecule has 0 saturated carbocycles. The quantitative estimate of drug-likeness (QED) is 0.261. The lowest BCUT2D eigenvalue weighted by Gasteiger charge is -2.25. The molecule has 0 spiro atoms. The zero-order valence-electron chi connectivity index (χ0n) is 21.6. The predicted octanol–water partition coefficient (Wildman–Crippen LogP) is 4.91. The summed E-state index contributed by atoms with van der Waals surface area (Å²) in [4.78, 5) is 13.1. The third-order valence-electron chi connectivity index (χ3n) is 6.80. The monoisotopic (exact) mass is 527 g/mol. The van der Waals surface area contributed by atoms with Gasteiger partial charge in [0, 0.05) is 5.56 Å². The molecule has 5 rings (SSSR count). The maximum atomic E-state index is 13.7. The highest BCUT2D eigenvalue weighted by atomic mass is 32.2. The van der Waals surface area contributed by atoms with Crippen LogP contribution in [0, 0.1) is 13.8 Å². The molecule has 0 aromatic heterocycles. The number of sulfonamides is 1. The maximum absolute atomic E-state index is 13.7. The summed E-state index contributed by atoms with van der Waals surface area (Å²) in [7, 11) is -2.62. The normalized spacial score (nSPS) is 12.7. The number of methoxy groups -OCH3 is 1. The van der Waals surface area contributed by atoms with Crippen LogP contribution in [0.3, 0.4) is 0 Å². The van der Waals surface area contributed by atoms with Crippen molar-refractivity contribution < 1.29 is 17.9 Å². The first kappa shape index (κ1) is 25.5. The summed E-state index contributed by atoms with van der Waals surface area (Å²) in [6.45, 7) is 3.25. The van der Waals surface area contributed by atoms with E-state index in [2.05, 4.69) is 28.7 Å². The van der Waals surface area contributed by atoms with E-state index in [1.54, 1.807) is 30.5 Å². The first-order valence-electron chi connectivity index (χ1n) is 12.4. The SMILES string of the molecule is COc1ccc(C)cc1N(CC(=O)N/N=C\c1ccc2c3c(cccc13)CC2)S(=O)(=O)c1ccc(C)cc1. The summed E-state index contributed by atoms with van der Waals surface area (Å²) in [5, 5.41) is 6.51. The Hall–Kier alpha value is -4.17. The van der Waals surface area contributed by atoms with E-state index in [-0.39, 0.29) is 10.6 Å². The number of anilines is 1. The molecular formula is C30H29N3O4S. The van der Waals surface area contributed by atoms with Crippen molar-refractivity contribution in [3.63, 3.8) is 0 Å². The van der Waals surface area contributed by atoms with Crippen LogP contribution in [0.1, 0.15) is 27.8 Å². The first-order valence-corrected chi connectivity index (χ1v) is 13.8. The Bertz CT molecular complexity index is 1650. The fraction of sp³-hybridized carbons (Fsp3) is 0.200. The summed E-state index contributed by atoms with van der Waals surface area (Å²) in [6.07, 6.45) is 3.65. The third-order valence-corrected chi connectivity index (χ3v) is 8.58. The molecule has 4 aromatic carbocycles. The number of ether oxygens (including phenoxy) is 1. The van der Waals surface area contributed by atoms with Gasteiger partial charge in [0.25, 0.3) is 15.9 Å². The van der Waals surface area contributed by atoms with Gasteiger partial charge in [0.2, 0.25) is 0 Å². The number of hydrogen-bond acceptors (Lipinski definition) is 5. The summed E-state index contributed by atoms with van der Waals surface area (Å²) in [6, 6.07) is 22.0. The molecule has 0 saturated heterocycles. The van der Waals surface area contributed by atoms with Gasteiger partial charge in [-0.3, -0.25) is 9.10 Å². The zero-order valence-corrected chi connectivity index (χ0v) is 22.4. The molecule has 1 aliphatic rings. The molecule has 38 heavy (non-hydrogen) atoms. The van der Waals surface area contributed by atoms with Crippen molar-refractivity contribution in [3.8, 4) is 5.75 Å². The van der Waals surface area contributed by atoms with Crippen LogP contribution in [0.4, 0.5) is 5.69 Å². The Labute approximate surface area is 222 Å². The third kappa shape index (κ3) is 4.87. The lowest BCUT2D eigenvalue weighted by Crippen LogP contribution is -2.39. The topological polar surface area (TPSA) is 88.1 Å². The lowest BCUT2D eigenvalue weighted by molar-refractivity contribution is -0.119. The molecular weight excluding hydrogens is 498 g/mol. The fourth-order valence-electron chi connectivity index (χ4n) is 4.85. The van der Waals surface area contributed by atoms with E-state index in [0.717, 1.165) is 39.2 Å². The second-order valence-electron chi connectivity index (χ2n) is 9.45. The van der Waals surface area contributed by atoms with Gasteiger partial charge in [0.1, 0.15) is 12.3 Å². The van der Waals surface area contributed by atoms with Crippen LogP contribution in [-0.2, 0) is 27.7 Å². The number of hydrazone groups is 1. The molecule has 8 heteroatoms. The van der Waals surface area contributed by atoms with Crippen LogP contribution in [0.25, 0.3) is 10.8 Å². The summed E-state index contributed by atoms with van der Waals surface area (Å²) in [5.74, 6) is -0.234. The number of amides is 1. The highest BCUT2D eigenvalue weighted by Gasteiger charge is 2.29. The highest BCUT2D eigenvalue weighted by molar-refractivity contribution is 7.92. The van der Waals surface area contributed by atoms with Gasteiger partial charge >= 0.3 is 0 Å². The van der Waals surface area contributed by atoms with Crippen molar-refractivity contribution in [2.45, 2.75) is 31.6 Å². The number of aryl methyl sites for hydroxylation is 4. The van der Waals surface area contributed by atoms with E-state index >= 15 is 0 Å². The van der Waals surface area contributed by atoms with E-state index in [1.165, 1.54) is 35.8 Å². The molecule has 1 aliphatic carbocycles. The molecule has 0 unspecified atom stereocenters. The number of hydrogen-bond donors (Lipinski definition) is 1. The van der Waals surface area contributed by atoms with Crippen LogP contribution < -0.4 is 14.5 Å². The molecule has 0 fully saturated rings. The van der Waals surface area contributed by atoms with Crippen LogP contribution in [-0.4, -0.2) is 34.2 Å². The van der Waals surface area contributed by atoms with Gasteiger partial charge in [-0.2, -0.15) is 5.10 Å². The highest BCUT2D eigenvalue weighted by Crippen LogP contribution is 2.34. The minimum absolute atomic E-state index is 0.0795. The van der Waals surface area contributed by atoms with E-state index in [1.807, 2.05) is 32.0 Å². The second-order valence-corrected chi connectivity index (χ2v) is 11.3. The van der Waals surface area contributed by atoms with E-state index in [9.17, 15) is 13.2 Å². The lowest BCUT2D eigenvalue weighted by atomic mass is 10.0. The second kappa shape index (κ2) is 10.3. The van der Waals surface area contributed by atoms with E-state index < -0.39 is 22.5 Å². The largest absolute Gasteiger partial charge is 0.495 e. The zero-order chi connectivity index (χ0) is 26.9. The van der Waals surface area contributed by atoms with Crippen LogP contribution in [0.5, 0.6) is 5.75 Å². The van der Waals surface area contributed by atoms with Crippen LogP contribution in [0.2, 0.25) is 0 Å². The van der Waals surface area contributed by atoms with Crippen molar-refractivity contribution in [3.05, 3.63) is 101 Å². The molecule has 0 heterocycles. The number of rotatable bonds is 8. The molecule has 1 amide bonds. The van der Waals surface area contributed by atoms with Crippen LogP contribution in [0.15, 0.2) is 82.8 Å². The Balaban J connectivity index is 1.43. The van der Waals surface area contributed by atoms with Gasteiger partial charge in [-0.25, -0.2) is 13.8 Å². The van der Waals surface area contributed by atoms with Gasteiger partial charge < -0.3 is 4.74 Å². The standard InChI is InChI=1S/C30H29N3O4S/c1-20-7-14-25(15-8-20)38(35,36)33(27-17-21(2)9-16-28(27)37-3)19-29(34)32-31-18-24-13-12-23-11-10-22-5-4-6-26(24)30(22)23/h4-9,12-18H,10-11,19H2,1-3H3,(H,32,34)/b31-18-. The first-order chi connectivity index (χ1) is 18.3. The van der Waals surface area contributed by atoms with Gasteiger partial charge in [0.15, 0.2) is 0 Å². The van der Waals surface area contributed by atoms with Crippen molar-refractivity contribution in [2.75, 3.05) is 18.0 Å². The van der Waals surface area contributed by atoms with Crippen molar-refractivity contribution in [1.29, 1.82) is 0 Å². The Kier molecular flexibility index (Phi) is 6.91. The number of nitrogens with one attached hydrogen (secondary N) is 1. The molecule has 4 aromatic rings. The van der Waals surface area contributed by atoms with Gasteiger partial charge in [-0.1, -0.05) is 54.1 Å². The molecule has 0 aliphatic heterocycles. The van der Waals surface area contributed by atoms with Gasteiger partial charge in [0.05, 0.1) is 23.9 Å². The average molecular weight is 528 g/mol. The number of nitrogens with zero attached hydrogens (tertiary/aromatic N) is 2. The summed E-state index contributed by atoms with van der Waals surface area (Å²) in [5.41, 5.74) is 8.07. The number of benzene rings is 4. The fourth-order valence-corrected chi connectivity index (χ4v) is 6.28. The minimum Gasteiger partial charge on any atom is -0.495 e. The molecule has 0 radical (unpaired) electrons. The smallest absolute Gasteiger partial charge is 0.264 e. The van der Waals surface area contributed by atoms with Crippen molar-refractivity contribution >= 4 is 38.6 Å². The maximum Gasteiger partial charge on any atom is 0.264 e. The van der Waals surface area contributed by atoms with Gasteiger partial charge in [-0.05, 0) is 78.4 Å². The summed E-state index contributed by atoms with van der Waals surface area (Å²) < 4.78 is 34.0. The van der Waals surface area contributed by atoms with Gasteiger partial charge in [-0.15, -0.1) is 0 Å². The minimum atomic E-state index is -4.08. The summed E-state index contributed by atoms with van der Waals surface area (Å²) >= 11 is 0. The van der Waals surface area contributed by atoms with E-state index in [4.69, 9.17) is 4.74 Å². The van der Waals surface area contributed by atoms with Crippen molar-refractivity contribution in [1.82, 2.24) is 5.43 Å². The average Bonchev–Trinajstić information content (AvgIpc) is 3.33. The van der Waals surface area contributed by atoms with E-state index in [0.29, 0.717) is 5.75 Å².